The first-order valence-electron chi connectivity index (χ1n) is 10.7. The number of fused-ring (bicyclic) bond motifs is 3. The Morgan fingerprint density at radius 3 is 2.69 bits per heavy atom. The molecule has 2 atom stereocenters. The van der Waals surface area contributed by atoms with Gasteiger partial charge in [-0.2, -0.15) is 4.99 Å². The monoisotopic (exact) mass is 468 g/mol. The molecule has 0 bridgehead atoms. The molecule has 2 unspecified atom stereocenters. The number of carbonyl (C=O) groups is 2. The Morgan fingerprint density at radius 1 is 1.19 bits per heavy atom. The fraction of sp³-hybridized carbons (Fsp3) is 0.333. The molecule has 8 heteroatoms. The van der Waals surface area contributed by atoms with Crippen molar-refractivity contribution in [1.82, 2.24) is 4.90 Å². The van der Waals surface area contributed by atoms with Crippen molar-refractivity contribution < 1.29 is 9.59 Å². The predicted molar refractivity (Wildman–Crippen MR) is 132 cm³/mol. The van der Waals surface area contributed by atoms with Crippen molar-refractivity contribution in [3.8, 4) is 0 Å². The van der Waals surface area contributed by atoms with Gasteiger partial charge < -0.3 is 5.32 Å². The molecule has 2 amide bonds. The Balaban J connectivity index is 1.64. The van der Waals surface area contributed by atoms with Crippen LogP contribution in [0.4, 0.5) is 11.4 Å². The first-order chi connectivity index (χ1) is 15.4. The highest BCUT2D eigenvalue weighted by Crippen LogP contribution is 2.37. The van der Waals surface area contributed by atoms with Gasteiger partial charge in [-0.3, -0.25) is 14.5 Å². The molecule has 6 nitrogen and oxygen atoms in total. The van der Waals surface area contributed by atoms with Gasteiger partial charge in [-0.1, -0.05) is 62.3 Å². The molecule has 0 saturated carbocycles. The Kier molecular flexibility index (Phi) is 6.67. The van der Waals surface area contributed by atoms with Crippen LogP contribution in [0.5, 0.6) is 0 Å². The zero-order valence-corrected chi connectivity index (χ0v) is 19.8. The quantitative estimate of drug-likeness (QED) is 0.607. The highest BCUT2D eigenvalue weighted by atomic mass is 35.5. The average Bonchev–Trinajstić information content (AvgIpc) is 3.07. The lowest BCUT2D eigenvalue weighted by Crippen LogP contribution is -2.45. The van der Waals surface area contributed by atoms with E-state index in [1.165, 1.54) is 11.8 Å². The molecule has 1 N–H and O–H groups in total. The van der Waals surface area contributed by atoms with Gasteiger partial charge in [-0.05, 0) is 49.1 Å². The largest absolute Gasteiger partial charge is 0.325 e. The van der Waals surface area contributed by atoms with Crippen LogP contribution in [-0.2, 0) is 9.59 Å². The maximum absolute atomic E-state index is 13.0. The van der Waals surface area contributed by atoms with E-state index in [2.05, 4.69) is 24.2 Å². The number of rotatable bonds is 6. The summed E-state index contributed by atoms with van der Waals surface area (Å²) in [4.78, 5) is 37.0. The first kappa shape index (κ1) is 22.6. The minimum Gasteiger partial charge on any atom is -0.325 e. The number of thioether (sulfide) groups is 1. The summed E-state index contributed by atoms with van der Waals surface area (Å²) in [6.45, 7) is 6.13. The Labute approximate surface area is 197 Å². The number of benzene rings is 2. The normalized spacial score (nSPS) is 18.1. The lowest BCUT2D eigenvalue weighted by Gasteiger charge is -2.32. The van der Waals surface area contributed by atoms with Gasteiger partial charge in [0.2, 0.25) is 5.91 Å². The van der Waals surface area contributed by atoms with Crippen molar-refractivity contribution >= 4 is 57.6 Å². The number of amides is 2. The molecule has 0 radical (unpaired) electrons. The number of aliphatic imine (C=N–C) groups is 2. The zero-order valence-electron chi connectivity index (χ0n) is 18.2. The molecule has 32 heavy (non-hydrogen) atoms. The molecule has 0 fully saturated rings. The number of halogens is 1. The fourth-order valence-electron chi connectivity index (χ4n) is 3.80. The second-order valence-corrected chi connectivity index (χ2v) is 9.82. The summed E-state index contributed by atoms with van der Waals surface area (Å²) in [7, 11) is 0. The highest BCUT2D eigenvalue weighted by Gasteiger charge is 2.42. The van der Waals surface area contributed by atoms with E-state index in [1.807, 2.05) is 36.1 Å². The number of para-hydroxylation sites is 1. The maximum Gasteiger partial charge on any atom is 0.270 e. The van der Waals surface area contributed by atoms with Crippen LogP contribution in [0.15, 0.2) is 58.5 Å². The molecule has 2 aromatic carbocycles. The van der Waals surface area contributed by atoms with Crippen LogP contribution in [-0.4, -0.2) is 39.0 Å². The van der Waals surface area contributed by atoms with Crippen molar-refractivity contribution in [3.63, 3.8) is 0 Å². The number of nitrogens with zero attached hydrogens (tertiary/aromatic N) is 3. The lowest BCUT2D eigenvalue weighted by molar-refractivity contribution is -0.120. The highest BCUT2D eigenvalue weighted by molar-refractivity contribution is 8.15. The van der Waals surface area contributed by atoms with Gasteiger partial charge in [0, 0.05) is 16.3 Å². The fourth-order valence-corrected chi connectivity index (χ4v) is 5.05. The molecular weight excluding hydrogens is 444 g/mol. The third kappa shape index (κ3) is 4.59. The van der Waals surface area contributed by atoms with E-state index in [4.69, 9.17) is 16.6 Å². The molecule has 2 heterocycles. The molecule has 2 aromatic rings. The third-order valence-corrected chi connectivity index (χ3v) is 6.87. The van der Waals surface area contributed by atoms with Crippen LogP contribution in [0.2, 0.25) is 5.02 Å². The van der Waals surface area contributed by atoms with E-state index < -0.39 is 11.3 Å². The Hall–Kier alpha value is -2.64. The summed E-state index contributed by atoms with van der Waals surface area (Å²) in [5, 5.41) is 3.74. The lowest BCUT2D eigenvalue weighted by atomic mass is 10.0. The van der Waals surface area contributed by atoms with Crippen molar-refractivity contribution in [2.45, 2.75) is 44.9 Å². The minimum atomic E-state index is -0.405. The molecule has 2 aliphatic heterocycles. The summed E-state index contributed by atoms with van der Waals surface area (Å²) in [6, 6.07) is 14.3. The van der Waals surface area contributed by atoms with E-state index in [1.54, 1.807) is 24.3 Å². The Morgan fingerprint density at radius 2 is 1.97 bits per heavy atom. The summed E-state index contributed by atoms with van der Waals surface area (Å²) >= 11 is 7.42. The Bertz CT molecular complexity index is 1110. The van der Waals surface area contributed by atoms with E-state index in [0.717, 1.165) is 11.3 Å². The van der Waals surface area contributed by atoms with Gasteiger partial charge in [0.05, 0.1) is 10.9 Å². The number of hydrogen-bond donors (Lipinski definition) is 1. The molecular formula is C24H25ClN4O2S. The summed E-state index contributed by atoms with van der Waals surface area (Å²) in [6.07, 6.45) is 1.26. The topological polar surface area (TPSA) is 74.1 Å². The predicted octanol–water partition coefficient (Wildman–Crippen LogP) is 5.50. The van der Waals surface area contributed by atoms with E-state index in [0.29, 0.717) is 40.5 Å². The molecule has 0 aromatic heterocycles. The van der Waals surface area contributed by atoms with Gasteiger partial charge >= 0.3 is 0 Å². The average molecular weight is 469 g/mol. The number of amidine groups is 2. The van der Waals surface area contributed by atoms with Crippen LogP contribution >= 0.6 is 23.4 Å². The van der Waals surface area contributed by atoms with Crippen molar-refractivity contribution in [3.05, 3.63) is 59.1 Å². The van der Waals surface area contributed by atoms with Crippen LogP contribution in [0.3, 0.4) is 0 Å². The van der Waals surface area contributed by atoms with Crippen molar-refractivity contribution in [2.75, 3.05) is 5.32 Å². The smallest absolute Gasteiger partial charge is 0.270 e. The van der Waals surface area contributed by atoms with Gasteiger partial charge in [-0.25, -0.2) is 4.99 Å². The molecule has 0 spiro atoms. The summed E-state index contributed by atoms with van der Waals surface area (Å²) in [5.41, 5.74) is 2.25. The number of nitrogens with one attached hydrogen (secondary N) is 1. The third-order valence-electron chi connectivity index (χ3n) is 5.31. The van der Waals surface area contributed by atoms with Gasteiger partial charge in [0.25, 0.3) is 5.91 Å². The number of carbonyl (C=O) groups excluding carboxylic acids is 2. The van der Waals surface area contributed by atoms with Crippen LogP contribution in [0, 0.1) is 5.92 Å². The number of hydrogen-bond acceptors (Lipinski definition) is 5. The van der Waals surface area contributed by atoms with Crippen molar-refractivity contribution in [1.29, 1.82) is 0 Å². The van der Waals surface area contributed by atoms with Crippen LogP contribution in [0.1, 0.15) is 39.2 Å². The minimum absolute atomic E-state index is 0.134. The van der Waals surface area contributed by atoms with Crippen LogP contribution < -0.4 is 5.32 Å². The standard InChI is InChI=1S/C24H25ClN4O2S/c1-4-20(23(31)26-16-9-7-8-15(25)13-16)32-24-27-18-11-6-5-10-17(18)21-28-22(30)19(29(21)24)12-14(2)3/h5-11,13-14,19-20H,4,12H2,1-3H3,(H,26,31). The zero-order chi connectivity index (χ0) is 22.8. The molecule has 2 aliphatic rings. The summed E-state index contributed by atoms with van der Waals surface area (Å²) < 4.78 is 0. The van der Waals surface area contributed by atoms with Crippen LogP contribution in [0.25, 0.3) is 0 Å². The molecule has 166 valence electrons. The summed E-state index contributed by atoms with van der Waals surface area (Å²) in [5.74, 6) is 0.648. The number of anilines is 1. The second-order valence-electron chi connectivity index (χ2n) is 8.21. The SMILES string of the molecule is CCC(SC1=Nc2ccccc2C2=NC(=O)C(CC(C)C)N12)C(=O)Nc1cccc(Cl)c1. The van der Waals surface area contributed by atoms with Gasteiger partial charge in [-0.15, -0.1) is 0 Å². The van der Waals surface area contributed by atoms with E-state index in [9.17, 15) is 9.59 Å². The molecule has 0 saturated heterocycles. The van der Waals surface area contributed by atoms with Gasteiger partial charge in [0.1, 0.15) is 11.9 Å². The van der Waals surface area contributed by atoms with Crippen molar-refractivity contribution in [2.24, 2.45) is 15.9 Å². The van der Waals surface area contributed by atoms with E-state index >= 15 is 0 Å². The molecule has 0 aliphatic carbocycles. The first-order valence-corrected chi connectivity index (χ1v) is 12.0. The second kappa shape index (κ2) is 9.46. The van der Waals surface area contributed by atoms with Gasteiger partial charge in [0.15, 0.2) is 5.17 Å². The van der Waals surface area contributed by atoms with E-state index in [-0.39, 0.29) is 11.8 Å². The molecule has 4 rings (SSSR count). The maximum atomic E-state index is 13.0.